The van der Waals surface area contributed by atoms with Crippen molar-refractivity contribution >= 4 is 11.9 Å². The molecular weight excluding hydrogens is 317 g/mol. The standard InChI is InChI=1S/C16H18FN3O4/c1-11(14-9-20(19-18-14)10-16(22)23-2)24-15(21)8-5-12-3-6-13(17)7-4-12/h3-4,6-7,9,11H,5,8,10H2,1-2H3/t11-/m0/s1. The fourth-order valence-corrected chi connectivity index (χ4v) is 1.99. The van der Waals surface area contributed by atoms with Gasteiger partial charge in [0.15, 0.2) is 0 Å². The van der Waals surface area contributed by atoms with Crippen molar-refractivity contribution in [1.29, 1.82) is 0 Å². The van der Waals surface area contributed by atoms with E-state index in [1.165, 1.54) is 30.1 Å². The molecule has 0 aliphatic heterocycles. The van der Waals surface area contributed by atoms with Crippen LogP contribution < -0.4 is 0 Å². The van der Waals surface area contributed by atoms with Gasteiger partial charge in [0.05, 0.1) is 13.3 Å². The number of esters is 2. The molecule has 0 saturated heterocycles. The lowest BCUT2D eigenvalue weighted by Crippen LogP contribution is -2.12. The number of carbonyl (C=O) groups is 2. The summed E-state index contributed by atoms with van der Waals surface area (Å²) in [6.07, 6.45) is 1.57. The minimum atomic E-state index is -0.586. The van der Waals surface area contributed by atoms with E-state index in [-0.39, 0.29) is 18.8 Å². The maximum absolute atomic E-state index is 12.8. The number of rotatable bonds is 7. The number of aryl methyl sites for hydroxylation is 1. The lowest BCUT2D eigenvalue weighted by Gasteiger charge is -2.10. The zero-order valence-electron chi connectivity index (χ0n) is 13.4. The van der Waals surface area contributed by atoms with Gasteiger partial charge < -0.3 is 9.47 Å². The molecule has 1 aromatic carbocycles. The van der Waals surface area contributed by atoms with Crippen LogP contribution in [-0.4, -0.2) is 34.0 Å². The first-order valence-corrected chi connectivity index (χ1v) is 7.38. The highest BCUT2D eigenvalue weighted by atomic mass is 19.1. The molecule has 0 fully saturated rings. The van der Waals surface area contributed by atoms with Crippen molar-refractivity contribution in [1.82, 2.24) is 15.0 Å². The van der Waals surface area contributed by atoms with Crippen LogP contribution in [0.1, 0.15) is 30.7 Å². The van der Waals surface area contributed by atoms with Gasteiger partial charge in [0.2, 0.25) is 0 Å². The molecule has 0 aliphatic rings. The molecule has 0 radical (unpaired) electrons. The van der Waals surface area contributed by atoms with Crippen molar-refractivity contribution < 1.29 is 23.5 Å². The summed E-state index contributed by atoms with van der Waals surface area (Å²) in [4.78, 5) is 23.0. The van der Waals surface area contributed by atoms with E-state index in [1.807, 2.05) is 0 Å². The van der Waals surface area contributed by atoms with E-state index in [4.69, 9.17) is 4.74 Å². The molecule has 2 aromatic rings. The number of methoxy groups -OCH3 is 1. The van der Waals surface area contributed by atoms with E-state index >= 15 is 0 Å². The third-order valence-corrected chi connectivity index (χ3v) is 3.33. The van der Waals surface area contributed by atoms with Gasteiger partial charge in [0.1, 0.15) is 24.2 Å². The Labute approximate surface area is 138 Å². The van der Waals surface area contributed by atoms with Crippen LogP contribution in [0.3, 0.4) is 0 Å². The lowest BCUT2D eigenvalue weighted by molar-refractivity contribution is -0.148. The Bertz CT molecular complexity index is 700. The molecule has 0 bridgehead atoms. The van der Waals surface area contributed by atoms with Gasteiger partial charge in [-0.05, 0) is 31.0 Å². The fourth-order valence-electron chi connectivity index (χ4n) is 1.99. The van der Waals surface area contributed by atoms with Gasteiger partial charge in [-0.15, -0.1) is 5.10 Å². The molecule has 24 heavy (non-hydrogen) atoms. The van der Waals surface area contributed by atoms with E-state index in [0.717, 1.165) is 5.56 Å². The highest BCUT2D eigenvalue weighted by molar-refractivity contribution is 5.70. The summed E-state index contributed by atoms with van der Waals surface area (Å²) in [7, 11) is 1.28. The van der Waals surface area contributed by atoms with Gasteiger partial charge in [-0.1, -0.05) is 17.3 Å². The Morgan fingerprint density at radius 3 is 2.62 bits per heavy atom. The van der Waals surface area contributed by atoms with E-state index in [1.54, 1.807) is 19.1 Å². The van der Waals surface area contributed by atoms with Crippen LogP contribution in [0, 0.1) is 5.82 Å². The normalized spacial score (nSPS) is 11.8. The molecule has 8 heteroatoms. The number of carbonyl (C=O) groups excluding carboxylic acids is 2. The number of halogens is 1. The van der Waals surface area contributed by atoms with Gasteiger partial charge in [-0.3, -0.25) is 9.59 Å². The van der Waals surface area contributed by atoms with Crippen molar-refractivity contribution in [2.45, 2.75) is 32.4 Å². The Morgan fingerprint density at radius 1 is 1.25 bits per heavy atom. The van der Waals surface area contributed by atoms with Crippen LogP contribution in [0.25, 0.3) is 0 Å². The van der Waals surface area contributed by atoms with E-state index < -0.39 is 18.0 Å². The number of ether oxygens (including phenoxy) is 2. The predicted molar refractivity (Wildman–Crippen MR) is 81.3 cm³/mol. The average Bonchev–Trinajstić information content (AvgIpc) is 3.02. The lowest BCUT2D eigenvalue weighted by atomic mass is 10.1. The Kier molecular flexibility index (Phi) is 6.00. The van der Waals surface area contributed by atoms with Gasteiger partial charge in [-0.25, -0.2) is 9.07 Å². The molecule has 1 heterocycles. The Morgan fingerprint density at radius 2 is 1.96 bits per heavy atom. The average molecular weight is 335 g/mol. The number of hydrogen-bond donors (Lipinski definition) is 0. The zero-order valence-corrected chi connectivity index (χ0v) is 13.4. The minimum absolute atomic E-state index is 0.0608. The van der Waals surface area contributed by atoms with Crippen molar-refractivity contribution in [3.63, 3.8) is 0 Å². The second-order valence-electron chi connectivity index (χ2n) is 5.18. The van der Waals surface area contributed by atoms with Crippen LogP contribution in [0.2, 0.25) is 0 Å². The third kappa shape index (κ3) is 5.15. The summed E-state index contributed by atoms with van der Waals surface area (Å²) in [6.45, 7) is 1.61. The molecule has 0 spiro atoms. The maximum atomic E-state index is 12.8. The maximum Gasteiger partial charge on any atom is 0.327 e. The highest BCUT2D eigenvalue weighted by Crippen LogP contribution is 2.15. The van der Waals surface area contributed by atoms with Crippen molar-refractivity contribution in [2.24, 2.45) is 0 Å². The summed E-state index contributed by atoms with van der Waals surface area (Å²) in [6, 6.07) is 5.96. The monoisotopic (exact) mass is 335 g/mol. The number of hydrogen-bond acceptors (Lipinski definition) is 6. The SMILES string of the molecule is COC(=O)Cn1cc([C@H](C)OC(=O)CCc2ccc(F)cc2)nn1. The summed E-state index contributed by atoms with van der Waals surface area (Å²) < 4.78 is 23.9. The second kappa shape index (κ2) is 8.19. The van der Waals surface area contributed by atoms with Crippen LogP contribution in [0.5, 0.6) is 0 Å². The van der Waals surface area contributed by atoms with Gasteiger partial charge in [0, 0.05) is 6.42 Å². The van der Waals surface area contributed by atoms with Crippen LogP contribution >= 0.6 is 0 Å². The molecule has 0 aliphatic carbocycles. The predicted octanol–water partition coefficient (Wildman–Crippen LogP) is 1.83. The summed E-state index contributed by atoms with van der Waals surface area (Å²) >= 11 is 0. The van der Waals surface area contributed by atoms with E-state index in [2.05, 4.69) is 15.0 Å². The van der Waals surface area contributed by atoms with Crippen LogP contribution in [0.4, 0.5) is 4.39 Å². The first-order chi connectivity index (χ1) is 11.5. The Hall–Kier alpha value is -2.77. The second-order valence-corrected chi connectivity index (χ2v) is 5.18. The molecular formula is C16H18FN3O4. The molecule has 2 rings (SSSR count). The highest BCUT2D eigenvalue weighted by Gasteiger charge is 2.16. The number of benzene rings is 1. The fraction of sp³-hybridized carbons (Fsp3) is 0.375. The first kappa shape index (κ1) is 17.6. The molecule has 7 nitrogen and oxygen atoms in total. The minimum Gasteiger partial charge on any atom is -0.468 e. The summed E-state index contributed by atoms with van der Waals surface area (Å²) in [5.41, 5.74) is 1.29. The molecule has 0 amide bonds. The molecule has 0 saturated carbocycles. The molecule has 0 unspecified atom stereocenters. The molecule has 128 valence electrons. The van der Waals surface area contributed by atoms with Crippen LogP contribution in [-0.2, 0) is 32.0 Å². The number of aromatic nitrogens is 3. The largest absolute Gasteiger partial charge is 0.468 e. The first-order valence-electron chi connectivity index (χ1n) is 7.38. The molecule has 1 aromatic heterocycles. The Balaban J connectivity index is 1.82. The van der Waals surface area contributed by atoms with Gasteiger partial charge in [0.25, 0.3) is 0 Å². The third-order valence-electron chi connectivity index (χ3n) is 3.33. The van der Waals surface area contributed by atoms with Crippen molar-refractivity contribution in [2.75, 3.05) is 7.11 Å². The van der Waals surface area contributed by atoms with Gasteiger partial charge in [-0.2, -0.15) is 0 Å². The van der Waals surface area contributed by atoms with Crippen LogP contribution in [0.15, 0.2) is 30.5 Å². The summed E-state index contributed by atoms with van der Waals surface area (Å²) in [5.74, 6) is -1.16. The van der Waals surface area contributed by atoms with E-state index in [0.29, 0.717) is 12.1 Å². The van der Waals surface area contributed by atoms with E-state index in [9.17, 15) is 14.0 Å². The number of nitrogens with zero attached hydrogens (tertiary/aromatic N) is 3. The quantitative estimate of drug-likeness (QED) is 0.718. The molecule has 1 atom stereocenters. The van der Waals surface area contributed by atoms with Crippen molar-refractivity contribution in [3.8, 4) is 0 Å². The topological polar surface area (TPSA) is 83.3 Å². The molecule has 0 N–H and O–H groups in total. The van der Waals surface area contributed by atoms with Gasteiger partial charge >= 0.3 is 11.9 Å². The zero-order chi connectivity index (χ0) is 17.5. The summed E-state index contributed by atoms with van der Waals surface area (Å²) in [5, 5.41) is 7.64. The smallest absolute Gasteiger partial charge is 0.327 e. The van der Waals surface area contributed by atoms with Crippen molar-refractivity contribution in [3.05, 3.63) is 47.5 Å².